The number of hydrogen-bond donors (Lipinski definition) is 1. The van der Waals surface area contributed by atoms with Crippen molar-refractivity contribution in [2.45, 2.75) is 33.4 Å². The van der Waals surface area contributed by atoms with Crippen LogP contribution < -0.4 is 5.32 Å². The number of guanidine groups is 1. The highest BCUT2D eigenvalue weighted by atomic mass is 16.5. The molecule has 8 heteroatoms. The zero-order valence-electron chi connectivity index (χ0n) is 18.5. The smallest absolute Gasteiger partial charge is 0.194 e. The normalized spacial score (nSPS) is 15.6. The number of methoxy groups -OCH3 is 1. The molecular weight excluding hydrogens is 378 g/mol. The molecule has 1 fully saturated rings. The third-order valence-electron chi connectivity index (χ3n) is 5.37. The fourth-order valence-electron chi connectivity index (χ4n) is 3.72. The number of rotatable bonds is 9. The maximum atomic E-state index is 5.18. The number of aliphatic imine (C=N–C) groups is 1. The molecule has 1 aromatic carbocycles. The van der Waals surface area contributed by atoms with E-state index >= 15 is 0 Å². The Bertz CT molecular complexity index is 796. The first kappa shape index (κ1) is 22.2. The average Bonchev–Trinajstić information content (AvgIpc) is 3.21. The lowest BCUT2D eigenvalue weighted by atomic mass is 10.1. The van der Waals surface area contributed by atoms with Gasteiger partial charge in [0.05, 0.1) is 13.2 Å². The van der Waals surface area contributed by atoms with E-state index in [0.29, 0.717) is 13.2 Å². The van der Waals surface area contributed by atoms with Crippen molar-refractivity contribution in [1.82, 2.24) is 29.9 Å². The zero-order valence-corrected chi connectivity index (χ0v) is 18.5. The molecule has 8 nitrogen and oxygen atoms in total. The van der Waals surface area contributed by atoms with Crippen molar-refractivity contribution < 1.29 is 4.74 Å². The molecule has 0 atom stereocenters. The molecule has 1 saturated heterocycles. The van der Waals surface area contributed by atoms with Gasteiger partial charge in [0.25, 0.3) is 0 Å². The molecule has 0 aliphatic carbocycles. The first-order valence-electron chi connectivity index (χ1n) is 10.9. The standard InChI is InChI=1S/C22H35N7O/c1-4-21-26-25-18-29(21)10-8-23-22(24-9-15-30-3)28-13-11-27(12-14-28)17-20-7-5-6-19(2)16-20/h5-7,16,18H,4,8-15,17H2,1-3H3,(H,23,24). The lowest BCUT2D eigenvalue weighted by Gasteiger charge is -2.36. The van der Waals surface area contributed by atoms with Crippen molar-refractivity contribution in [3.8, 4) is 0 Å². The number of benzene rings is 1. The second-order valence-corrected chi connectivity index (χ2v) is 7.67. The molecule has 2 aromatic rings. The second kappa shape index (κ2) is 11.7. The van der Waals surface area contributed by atoms with Crippen LogP contribution >= 0.6 is 0 Å². The fraction of sp³-hybridized carbons (Fsp3) is 0.591. The molecule has 3 rings (SSSR count). The van der Waals surface area contributed by atoms with Crippen LogP contribution in [0.2, 0.25) is 0 Å². The van der Waals surface area contributed by atoms with E-state index in [9.17, 15) is 0 Å². The van der Waals surface area contributed by atoms with Crippen LogP contribution in [0.25, 0.3) is 0 Å². The minimum Gasteiger partial charge on any atom is -0.383 e. The Hall–Kier alpha value is -2.45. The maximum Gasteiger partial charge on any atom is 0.194 e. The van der Waals surface area contributed by atoms with Gasteiger partial charge >= 0.3 is 0 Å². The zero-order chi connectivity index (χ0) is 21.2. The van der Waals surface area contributed by atoms with Crippen LogP contribution in [-0.2, 0) is 24.2 Å². The first-order valence-corrected chi connectivity index (χ1v) is 10.9. The van der Waals surface area contributed by atoms with Gasteiger partial charge in [-0.25, -0.2) is 0 Å². The number of hydrogen-bond acceptors (Lipinski definition) is 5. The van der Waals surface area contributed by atoms with Gasteiger partial charge in [-0.2, -0.15) is 0 Å². The van der Waals surface area contributed by atoms with Gasteiger partial charge in [0.1, 0.15) is 12.2 Å². The Labute approximate surface area is 179 Å². The summed E-state index contributed by atoms with van der Waals surface area (Å²) in [5.74, 6) is 1.98. The van der Waals surface area contributed by atoms with E-state index in [1.807, 2.05) is 0 Å². The molecule has 0 amide bonds. The number of nitrogens with one attached hydrogen (secondary N) is 1. The Balaban J connectivity index is 1.52. The van der Waals surface area contributed by atoms with E-state index in [-0.39, 0.29) is 0 Å². The summed E-state index contributed by atoms with van der Waals surface area (Å²) >= 11 is 0. The van der Waals surface area contributed by atoms with Crippen LogP contribution in [0.4, 0.5) is 0 Å². The number of nitrogens with zero attached hydrogens (tertiary/aromatic N) is 6. The molecule has 164 valence electrons. The van der Waals surface area contributed by atoms with Crippen molar-refractivity contribution in [2.24, 2.45) is 4.99 Å². The average molecular weight is 414 g/mol. The molecule has 30 heavy (non-hydrogen) atoms. The lowest BCUT2D eigenvalue weighted by molar-refractivity contribution is 0.171. The Morgan fingerprint density at radius 1 is 1.23 bits per heavy atom. The van der Waals surface area contributed by atoms with Crippen LogP contribution in [0.3, 0.4) is 0 Å². The van der Waals surface area contributed by atoms with Gasteiger partial charge in [0, 0.05) is 59.3 Å². The molecule has 0 unspecified atom stereocenters. The van der Waals surface area contributed by atoms with Gasteiger partial charge in [-0.05, 0) is 12.5 Å². The summed E-state index contributed by atoms with van der Waals surface area (Å²) in [6.45, 7) is 12.2. The van der Waals surface area contributed by atoms with Crippen molar-refractivity contribution in [3.05, 3.63) is 47.5 Å². The van der Waals surface area contributed by atoms with E-state index in [1.165, 1.54) is 11.1 Å². The Morgan fingerprint density at radius 3 is 2.80 bits per heavy atom. The molecule has 0 spiro atoms. The largest absolute Gasteiger partial charge is 0.383 e. The Morgan fingerprint density at radius 2 is 2.07 bits per heavy atom. The number of piperazine rings is 1. The van der Waals surface area contributed by atoms with Crippen molar-refractivity contribution in [1.29, 1.82) is 0 Å². The summed E-state index contributed by atoms with van der Waals surface area (Å²) in [5.41, 5.74) is 2.71. The first-order chi connectivity index (χ1) is 14.7. The summed E-state index contributed by atoms with van der Waals surface area (Å²) in [7, 11) is 1.71. The molecule has 1 aromatic heterocycles. The minimum absolute atomic E-state index is 0.629. The van der Waals surface area contributed by atoms with Gasteiger partial charge in [-0.3, -0.25) is 9.89 Å². The van der Waals surface area contributed by atoms with Crippen LogP contribution in [0.15, 0.2) is 35.6 Å². The van der Waals surface area contributed by atoms with Crippen LogP contribution in [0.1, 0.15) is 23.9 Å². The van der Waals surface area contributed by atoms with E-state index in [1.54, 1.807) is 13.4 Å². The highest BCUT2D eigenvalue weighted by molar-refractivity contribution is 5.80. The van der Waals surface area contributed by atoms with Gasteiger partial charge in [0.15, 0.2) is 5.96 Å². The molecule has 1 aliphatic heterocycles. The lowest BCUT2D eigenvalue weighted by Crippen LogP contribution is -2.52. The van der Waals surface area contributed by atoms with Gasteiger partial charge < -0.3 is 19.5 Å². The monoisotopic (exact) mass is 413 g/mol. The highest BCUT2D eigenvalue weighted by Gasteiger charge is 2.20. The minimum atomic E-state index is 0.629. The molecular formula is C22H35N7O. The van der Waals surface area contributed by atoms with Crippen LogP contribution in [-0.4, -0.2) is 83.5 Å². The summed E-state index contributed by atoms with van der Waals surface area (Å²) < 4.78 is 7.28. The van der Waals surface area contributed by atoms with Crippen LogP contribution in [0.5, 0.6) is 0 Å². The SMILES string of the molecule is CCc1nncn1CCNC(=NCCOC)N1CCN(Cc2cccc(C)c2)CC1. The molecule has 1 aliphatic rings. The van der Waals surface area contributed by atoms with E-state index in [0.717, 1.165) is 64.0 Å². The van der Waals surface area contributed by atoms with Crippen molar-refractivity contribution in [3.63, 3.8) is 0 Å². The predicted molar refractivity (Wildman–Crippen MR) is 120 cm³/mol. The number of aromatic nitrogens is 3. The number of aryl methyl sites for hydroxylation is 2. The fourth-order valence-corrected chi connectivity index (χ4v) is 3.72. The third kappa shape index (κ3) is 6.53. The molecule has 0 radical (unpaired) electrons. The topological polar surface area (TPSA) is 70.8 Å². The maximum absolute atomic E-state index is 5.18. The van der Waals surface area contributed by atoms with Crippen molar-refractivity contribution >= 4 is 5.96 Å². The third-order valence-corrected chi connectivity index (χ3v) is 5.37. The molecule has 0 saturated carbocycles. The summed E-state index contributed by atoms with van der Waals surface area (Å²) in [5, 5.41) is 11.7. The summed E-state index contributed by atoms with van der Waals surface area (Å²) in [6, 6.07) is 8.79. The molecule has 1 N–H and O–H groups in total. The van der Waals surface area contributed by atoms with Gasteiger partial charge in [-0.15, -0.1) is 10.2 Å². The Kier molecular flexibility index (Phi) is 8.65. The van der Waals surface area contributed by atoms with E-state index < -0.39 is 0 Å². The van der Waals surface area contributed by atoms with Gasteiger partial charge in [-0.1, -0.05) is 36.8 Å². The van der Waals surface area contributed by atoms with E-state index in [4.69, 9.17) is 9.73 Å². The van der Waals surface area contributed by atoms with E-state index in [2.05, 4.69) is 68.0 Å². The van der Waals surface area contributed by atoms with Gasteiger partial charge in [0.2, 0.25) is 0 Å². The molecule has 2 heterocycles. The van der Waals surface area contributed by atoms with Crippen molar-refractivity contribution in [2.75, 3.05) is 53.0 Å². The summed E-state index contributed by atoms with van der Waals surface area (Å²) in [6.07, 6.45) is 2.68. The quantitative estimate of drug-likeness (QED) is 0.382. The summed E-state index contributed by atoms with van der Waals surface area (Å²) in [4.78, 5) is 9.64. The predicted octanol–water partition coefficient (Wildman–Crippen LogP) is 1.56. The molecule has 0 bridgehead atoms. The highest BCUT2D eigenvalue weighted by Crippen LogP contribution is 2.10. The van der Waals surface area contributed by atoms with Crippen LogP contribution in [0, 0.1) is 6.92 Å². The number of ether oxygens (including phenoxy) is 1. The second-order valence-electron chi connectivity index (χ2n) is 7.67.